The predicted octanol–water partition coefficient (Wildman–Crippen LogP) is 2.75. The number of carbonyl (C=O) groups excluding carboxylic acids is 2. The van der Waals surface area contributed by atoms with Gasteiger partial charge in [0.1, 0.15) is 5.75 Å². The Balaban J connectivity index is 3.31. The third kappa shape index (κ3) is 2.57. The van der Waals surface area contributed by atoms with Crippen LogP contribution in [0.2, 0.25) is 5.02 Å². The number of benzene rings is 1. The summed E-state index contributed by atoms with van der Waals surface area (Å²) >= 11 is 5.82. The van der Waals surface area contributed by atoms with Gasteiger partial charge in [-0.05, 0) is 19.9 Å². The van der Waals surface area contributed by atoms with E-state index >= 15 is 0 Å². The number of Topliss-reactive ketones (excluding diaryl/α,β-unsaturated/α-hetero) is 1. The van der Waals surface area contributed by atoms with Crippen molar-refractivity contribution < 1.29 is 14.3 Å². The lowest BCUT2D eigenvalue weighted by Gasteiger charge is -2.09. The van der Waals surface area contributed by atoms with Crippen molar-refractivity contribution >= 4 is 23.7 Å². The van der Waals surface area contributed by atoms with Gasteiger partial charge in [0.15, 0.2) is 12.1 Å². The van der Waals surface area contributed by atoms with Crippen LogP contribution in [-0.4, -0.2) is 18.7 Å². The Morgan fingerprint density at radius 3 is 2.67 bits per heavy atom. The highest BCUT2D eigenvalue weighted by Gasteiger charge is 2.12. The number of hydrogen-bond acceptors (Lipinski definition) is 3. The highest BCUT2D eigenvalue weighted by molar-refractivity contribution is 6.33. The van der Waals surface area contributed by atoms with Crippen molar-refractivity contribution in [2.45, 2.75) is 13.8 Å². The molecule has 0 fully saturated rings. The molecule has 15 heavy (non-hydrogen) atoms. The van der Waals surface area contributed by atoms with E-state index in [-0.39, 0.29) is 5.78 Å². The lowest BCUT2D eigenvalue weighted by molar-refractivity contribution is 0.101. The molecule has 0 unspecified atom stereocenters. The summed E-state index contributed by atoms with van der Waals surface area (Å²) in [5.74, 6) is 0.263. The molecule has 0 aliphatic rings. The highest BCUT2D eigenvalue weighted by Crippen LogP contribution is 2.27. The normalized spacial score (nSPS) is 9.80. The van der Waals surface area contributed by atoms with Gasteiger partial charge in [-0.2, -0.15) is 0 Å². The first-order chi connectivity index (χ1) is 7.10. The molecular formula is C11H11ClO3. The highest BCUT2D eigenvalue weighted by atomic mass is 35.5. The van der Waals surface area contributed by atoms with E-state index in [0.29, 0.717) is 34.8 Å². The minimum atomic E-state index is -0.154. The molecule has 80 valence electrons. The zero-order valence-electron chi connectivity index (χ0n) is 8.54. The van der Waals surface area contributed by atoms with E-state index in [2.05, 4.69) is 0 Å². The third-order valence-electron chi connectivity index (χ3n) is 1.90. The third-order valence-corrected chi connectivity index (χ3v) is 2.23. The number of carbonyl (C=O) groups is 2. The maximum absolute atomic E-state index is 11.3. The van der Waals surface area contributed by atoms with Crippen molar-refractivity contribution in [2.75, 3.05) is 6.61 Å². The molecule has 3 nitrogen and oxygen atoms in total. The van der Waals surface area contributed by atoms with Crippen molar-refractivity contribution in [1.29, 1.82) is 0 Å². The molecule has 0 atom stereocenters. The van der Waals surface area contributed by atoms with E-state index < -0.39 is 0 Å². The van der Waals surface area contributed by atoms with Gasteiger partial charge in [0.2, 0.25) is 0 Å². The number of hydrogen-bond donors (Lipinski definition) is 0. The van der Waals surface area contributed by atoms with E-state index in [1.807, 2.05) is 6.92 Å². The van der Waals surface area contributed by atoms with Crippen LogP contribution >= 0.6 is 11.6 Å². The van der Waals surface area contributed by atoms with Crippen LogP contribution in [0.4, 0.5) is 0 Å². The largest absolute Gasteiger partial charge is 0.493 e. The number of halogens is 1. The van der Waals surface area contributed by atoms with Gasteiger partial charge in [-0.25, -0.2) is 0 Å². The Bertz CT molecular complexity index is 399. The molecule has 0 aliphatic carbocycles. The van der Waals surface area contributed by atoms with Crippen molar-refractivity contribution in [1.82, 2.24) is 0 Å². The topological polar surface area (TPSA) is 43.4 Å². The van der Waals surface area contributed by atoms with Gasteiger partial charge in [0.25, 0.3) is 0 Å². The Morgan fingerprint density at radius 1 is 1.53 bits per heavy atom. The number of aldehydes is 1. The van der Waals surface area contributed by atoms with Gasteiger partial charge >= 0.3 is 0 Å². The molecule has 0 saturated heterocycles. The molecule has 4 heteroatoms. The molecule has 0 bridgehead atoms. The quantitative estimate of drug-likeness (QED) is 0.586. The first-order valence-corrected chi connectivity index (χ1v) is 4.90. The SMILES string of the molecule is CCOc1cc(Cl)c(C=O)cc1C(C)=O. The van der Waals surface area contributed by atoms with Gasteiger partial charge in [0.05, 0.1) is 17.2 Å². The van der Waals surface area contributed by atoms with Crippen molar-refractivity contribution in [2.24, 2.45) is 0 Å². The van der Waals surface area contributed by atoms with Gasteiger partial charge in [-0.3, -0.25) is 9.59 Å². The molecule has 0 heterocycles. The summed E-state index contributed by atoms with van der Waals surface area (Å²) in [6.45, 7) is 3.67. The van der Waals surface area contributed by atoms with Crippen LogP contribution in [0.15, 0.2) is 12.1 Å². The van der Waals surface area contributed by atoms with Crippen LogP contribution in [0, 0.1) is 0 Å². The van der Waals surface area contributed by atoms with Gasteiger partial charge < -0.3 is 4.74 Å². The summed E-state index contributed by atoms with van der Waals surface area (Å²) in [6.07, 6.45) is 0.616. The first-order valence-electron chi connectivity index (χ1n) is 4.52. The summed E-state index contributed by atoms with van der Waals surface area (Å²) in [7, 11) is 0. The second-order valence-electron chi connectivity index (χ2n) is 2.98. The minimum Gasteiger partial charge on any atom is -0.493 e. The zero-order chi connectivity index (χ0) is 11.4. The van der Waals surface area contributed by atoms with Gasteiger partial charge in [-0.1, -0.05) is 11.6 Å². The Kier molecular flexibility index (Phi) is 3.86. The van der Waals surface area contributed by atoms with E-state index in [9.17, 15) is 9.59 Å². The predicted molar refractivity (Wildman–Crippen MR) is 58.0 cm³/mol. The molecular weight excluding hydrogens is 216 g/mol. The maximum atomic E-state index is 11.3. The van der Waals surface area contributed by atoms with Crippen LogP contribution in [0.25, 0.3) is 0 Å². The standard InChI is InChI=1S/C11H11ClO3/c1-3-15-11-5-10(12)8(6-13)4-9(11)7(2)14/h4-6H,3H2,1-2H3. The van der Waals surface area contributed by atoms with Crippen LogP contribution in [0.1, 0.15) is 34.6 Å². The molecule has 1 aromatic carbocycles. The van der Waals surface area contributed by atoms with Crippen LogP contribution in [0.5, 0.6) is 5.75 Å². The van der Waals surface area contributed by atoms with E-state index in [0.717, 1.165) is 0 Å². The minimum absolute atomic E-state index is 0.154. The average Bonchev–Trinajstić information content (AvgIpc) is 2.18. The summed E-state index contributed by atoms with van der Waals surface area (Å²) in [6, 6.07) is 2.94. The fourth-order valence-electron chi connectivity index (χ4n) is 1.21. The van der Waals surface area contributed by atoms with E-state index in [1.54, 1.807) is 0 Å². The smallest absolute Gasteiger partial charge is 0.163 e. The Hall–Kier alpha value is -1.35. The molecule has 0 aromatic heterocycles. The summed E-state index contributed by atoms with van der Waals surface area (Å²) in [5, 5.41) is 0.290. The number of rotatable bonds is 4. The number of ether oxygens (including phenoxy) is 1. The lowest BCUT2D eigenvalue weighted by atomic mass is 10.1. The van der Waals surface area contributed by atoms with Crippen LogP contribution < -0.4 is 4.74 Å². The zero-order valence-corrected chi connectivity index (χ0v) is 9.30. The van der Waals surface area contributed by atoms with Crippen LogP contribution in [0.3, 0.4) is 0 Å². The fraction of sp³-hybridized carbons (Fsp3) is 0.273. The van der Waals surface area contributed by atoms with E-state index in [4.69, 9.17) is 16.3 Å². The number of ketones is 1. The van der Waals surface area contributed by atoms with Gasteiger partial charge in [0, 0.05) is 11.6 Å². The van der Waals surface area contributed by atoms with Gasteiger partial charge in [-0.15, -0.1) is 0 Å². The molecule has 0 radical (unpaired) electrons. The summed E-state index contributed by atoms with van der Waals surface area (Å²) in [5.41, 5.74) is 0.675. The second-order valence-corrected chi connectivity index (χ2v) is 3.38. The molecule has 1 aromatic rings. The second kappa shape index (κ2) is 4.94. The maximum Gasteiger partial charge on any atom is 0.163 e. The summed E-state index contributed by atoms with van der Waals surface area (Å²) in [4.78, 5) is 21.9. The Morgan fingerprint density at radius 2 is 2.20 bits per heavy atom. The van der Waals surface area contributed by atoms with Crippen molar-refractivity contribution in [3.8, 4) is 5.75 Å². The van der Waals surface area contributed by atoms with E-state index in [1.165, 1.54) is 19.1 Å². The lowest BCUT2D eigenvalue weighted by Crippen LogP contribution is -2.02. The molecule has 0 aliphatic heterocycles. The van der Waals surface area contributed by atoms with Crippen LogP contribution in [-0.2, 0) is 0 Å². The molecule has 0 N–H and O–H groups in total. The molecule has 1 rings (SSSR count). The molecule has 0 saturated carbocycles. The monoisotopic (exact) mass is 226 g/mol. The average molecular weight is 227 g/mol. The molecule has 0 amide bonds. The fourth-order valence-corrected chi connectivity index (χ4v) is 1.41. The van der Waals surface area contributed by atoms with Crippen molar-refractivity contribution in [3.05, 3.63) is 28.3 Å². The van der Waals surface area contributed by atoms with Crippen molar-refractivity contribution in [3.63, 3.8) is 0 Å². The molecule has 0 spiro atoms. The summed E-state index contributed by atoms with van der Waals surface area (Å²) < 4.78 is 5.26. The first kappa shape index (κ1) is 11.7. The Labute approximate surface area is 93.0 Å².